The molecule has 0 saturated carbocycles. The van der Waals surface area contributed by atoms with Crippen molar-refractivity contribution < 1.29 is 13.9 Å². The molecule has 0 heterocycles. The molecule has 21 heavy (non-hydrogen) atoms. The Morgan fingerprint density at radius 2 is 1.81 bits per heavy atom. The zero-order valence-corrected chi connectivity index (χ0v) is 13.4. The molecule has 2 nitrogen and oxygen atoms in total. The molecule has 0 bridgehead atoms. The van der Waals surface area contributed by atoms with Crippen LogP contribution in [0.2, 0.25) is 10.0 Å². The van der Waals surface area contributed by atoms with Gasteiger partial charge in [0.25, 0.3) is 0 Å². The molecule has 0 unspecified atom stereocenters. The maximum Gasteiger partial charge on any atom is 0.180 e. The molecule has 0 fully saturated rings. The number of benzene rings is 2. The van der Waals surface area contributed by atoms with Crippen LogP contribution in [0.5, 0.6) is 11.5 Å². The van der Waals surface area contributed by atoms with Crippen molar-refractivity contribution in [3.05, 3.63) is 57.3 Å². The minimum Gasteiger partial charge on any atom is -0.493 e. The zero-order chi connectivity index (χ0) is 15.4. The van der Waals surface area contributed by atoms with Gasteiger partial charge in [-0.15, -0.1) is 11.6 Å². The molecule has 0 aliphatic heterocycles. The first kappa shape index (κ1) is 16.2. The van der Waals surface area contributed by atoms with E-state index in [1.807, 2.05) is 0 Å². The molecule has 0 aliphatic rings. The Bertz CT molecular complexity index is 647. The molecular weight excluding hydrogens is 338 g/mol. The van der Waals surface area contributed by atoms with Gasteiger partial charge in [-0.1, -0.05) is 29.3 Å². The molecule has 0 N–H and O–H groups in total. The van der Waals surface area contributed by atoms with Gasteiger partial charge in [0.2, 0.25) is 0 Å². The molecule has 2 rings (SSSR count). The number of hydrogen-bond acceptors (Lipinski definition) is 2. The Hall–Kier alpha value is -1.16. The summed E-state index contributed by atoms with van der Waals surface area (Å²) in [6, 6.07) is 7.92. The third-order valence-corrected chi connectivity index (χ3v) is 3.71. The fraction of sp³-hybridized carbons (Fsp3) is 0.200. The highest BCUT2D eigenvalue weighted by atomic mass is 35.5. The van der Waals surface area contributed by atoms with E-state index in [2.05, 4.69) is 0 Å². The second-order valence-electron chi connectivity index (χ2n) is 4.28. The average molecular weight is 350 g/mol. The van der Waals surface area contributed by atoms with Crippen molar-refractivity contribution in [2.75, 3.05) is 7.11 Å². The molecule has 2 aromatic carbocycles. The monoisotopic (exact) mass is 348 g/mol. The Morgan fingerprint density at radius 1 is 1.05 bits per heavy atom. The fourth-order valence-corrected chi connectivity index (χ4v) is 2.34. The lowest BCUT2D eigenvalue weighted by Crippen LogP contribution is -2.00. The van der Waals surface area contributed by atoms with E-state index < -0.39 is 5.82 Å². The molecule has 0 atom stereocenters. The first-order chi connectivity index (χ1) is 10.0. The summed E-state index contributed by atoms with van der Waals surface area (Å²) in [5.41, 5.74) is 1.46. The third kappa shape index (κ3) is 3.94. The highest BCUT2D eigenvalue weighted by molar-refractivity contribution is 6.32. The van der Waals surface area contributed by atoms with E-state index in [1.54, 1.807) is 18.2 Å². The molecule has 0 aromatic heterocycles. The second kappa shape index (κ2) is 7.21. The number of alkyl halides is 1. The number of halogens is 4. The maximum atomic E-state index is 13.4. The lowest BCUT2D eigenvalue weighted by Gasteiger charge is -2.14. The summed E-state index contributed by atoms with van der Waals surface area (Å²) < 4.78 is 24.2. The van der Waals surface area contributed by atoms with Crippen LogP contribution < -0.4 is 9.47 Å². The normalized spacial score (nSPS) is 10.5. The van der Waals surface area contributed by atoms with E-state index in [-0.39, 0.29) is 11.6 Å². The standard InChI is InChI=1S/C15H12Cl3FO2/c1-20-14-6-10(7-16)4-12(18)15(14)21-8-9-2-3-11(17)13(19)5-9/h2-6H,7-8H2,1H3. The summed E-state index contributed by atoms with van der Waals surface area (Å²) in [5.74, 6) is 0.697. The van der Waals surface area contributed by atoms with Crippen LogP contribution in [0.25, 0.3) is 0 Å². The highest BCUT2D eigenvalue weighted by Crippen LogP contribution is 2.37. The Labute approximate surface area is 137 Å². The van der Waals surface area contributed by atoms with Crippen molar-refractivity contribution in [3.8, 4) is 11.5 Å². The predicted octanol–water partition coefficient (Wildman–Crippen LogP) is 5.46. The molecule has 0 spiro atoms. The van der Waals surface area contributed by atoms with Crippen molar-refractivity contribution >= 4 is 34.8 Å². The SMILES string of the molecule is COc1cc(CCl)cc(Cl)c1OCc1ccc(Cl)c(F)c1. The summed E-state index contributed by atoms with van der Waals surface area (Å²) >= 11 is 17.6. The summed E-state index contributed by atoms with van der Waals surface area (Å²) in [6.07, 6.45) is 0. The molecule has 112 valence electrons. The van der Waals surface area contributed by atoms with Gasteiger partial charge >= 0.3 is 0 Å². The van der Waals surface area contributed by atoms with Crippen LogP contribution in [0, 0.1) is 5.82 Å². The van der Waals surface area contributed by atoms with E-state index >= 15 is 0 Å². The Kier molecular flexibility index (Phi) is 5.57. The van der Waals surface area contributed by atoms with Gasteiger partial charge in [0.1, 0.15) is 12.4 Å². The lowest BCUT2D eigenvalue weighted by atomic mass is 10.2. The van der Waals surface area contributed by atoms with E-state index in [0.717, 1.165) is 5.56 Å². The molecule has 6 heteroatoms. The number of rotatable bonds is 5. The molecule has 0 radical (unpaired) electrons. The van der Waals surface area contributed by atoms with Crippen molar-refractivity contribution in [1.29, 1.82) is 0 Å². The van der Waals surface area contributed by atoms with Gasteiger partial charge in [-0.2, -0.15) is 0 Å². The lowest BCUT2D eigenvalue weighted by molar-refractivity contribution is 0.284. The largest absolute Gasteiger partial charge is 0.493 e. The van der Waals surface area contributed by atoms with Crippen molar-refractivity contribution in [2.45, 2.75) is 12.5 Å². The van der Waals surface area contributed by atoms with Gasteiger partial charge in [0.05, 0.1) is 17.2 Å². The topological polar surface area (TPSA) is 18.5 Å². The summed E-state index contributed by atoms with van der Waals surface area (Å²) in [6.45, 7) is 0.143. The van der Waals surface area contributed by atoms with Gasteiger partial charge in [0.15, 0.2) is 11.5 Å². The van der Waals surface area contributed by atoms with Crippen LogP contribution in [0.4, 0.5) is 4.39 Å². The molecule has 2 aromatic rings. The van der Waals surface area contributed by atoms with Gasteiger partial charge < -0.3 is 9.47 Å². The van der Waals surface area contributed by atoms with Crippen LogP contribution in [0.15, 0.2) is 30.3 Å². The summed E-state index contributed by atoms with van der Waals surface area (Å²) in [7, 11) is 1.51. The molecule has 0 amide bonds. The van der Waals surface area contributed by atoms with Gasteiger partial charge in [-0.25, -0.2) is 4.39 Å². The van der Waals surface area contributed by atoms with Gasteiger partial charge in [0, 0.05) is 5.88 Å². The van der Waals surface area contributed by atoms with E-state index in [4.69, 9.17) is 44.3 Å². The van der Waals surface area contributed by atoms with Gasteiger partial charge in [-0.05, 0) is 35.4 Å². The minimum absolute atomic E-state index is 0.0702. The maximum absolute atomic E-state index is 13.4. The van der Waals surface area contributed by atoms with Crippen LogP contribution in [-0.4, -0.2) is 7.11 Å². The molecular formula is C15H12Cl3FO2. The fourth-order valence-electron chi connectivity index (χ4n) is 1.78. The van der Waals surface area contributed by atoms with Gasteiger partial charge in [-0.3, -0.25) is 0 Å². The van der Waals surface area contributed by atoms with E-state index in [9.17, 15) is 4.39 Å². The zero-order valence-electron chi connectivity index (χ0n) is 11.1. The summed E-state index contributed by atoms with van der Waals surface area (Å²) in [5, 5.41) is 0.459. The van der Waals surface area contributed by atoms with Crippen molar-refractivity contribution in [1.82, 2.24) is 0 Å². The number of ether oxygens (including phenoxy) is 2. The average Bonchev–Trinajstić information content (AvgIpc) is 2.48. The molecule has 0 aliphatic carbocycles. The second-order valence-corrected chi connectivity index (χ2v) is 5.36. The van der Waals surface area contributed by atoms with E-state index in [1.165, 1.54) is 19.2 Å². The first-order valence-corrected chi connectivity index (χ1v) is 7.33. The van der Waals surface area contributed by atoms with E-state index in [0.29, 0.717) is 28.0 Å². The first-order valence-electron chi connectivity index (χ1n) is 6.04. The minimum atomic E-state index is -0.492. The van der Waals surface area contributed by atoms with Crippen LogP contribution >= 0.6 is 34.8 Å². The number of hydrogen-bond donors (Lipinski definition) is 0. The Balaban J connectivity index is 2.21. The van der Waals surface area contributed by atoms with Crippen molar-refractivity contribution in [3.63, 3.8) is 0 Å². The highest BCUT2D eigenvalue weighted by Gasteiger charge is 2.12. The smallest absolute Gasteiger partial charge is 0.180 e. The third-order valence-electron chi connectivity index (χ3n) is 2.81. The van der Waals surface area contributed by atoms with Crippen molar-refractivity contribution in [2.24, 2.45) is 0 Å². The number of methoxy groups -OCH3 is 1. The quantitative estimate of drug-likeness (QED) is 0.667. The predicted molar refractivity (Wildman–Crippen MR) is 83.3 cm³/mol. The van der Waals surface area contributed by atoms with Crippen LogP contribution in [0.1, 0.15) is 11.1 Å². The molecule has 0 saturated heterocycles. The summed E-state index contributed by atoms with van der Waals surface area (Å²) in [4.78, 5) is 0. The Morgan fingerprint density at radius 3 is 2.43 bits per heavy atom. The van der Waals surface area contributed by atoms with Crippen LogP contribution in [-0.2, 0) is 12.5 Å². The van der Waals surface area contributed by atoms with Crippen LogP contribution in [0.3, 0.4) is 0 Å².